The molecule has 1 heterocycles. The van der Waals surface area contributed by atoms with Crippen LogP contribution in [0.5, 0.6) is 17.2 Å². The molecule has 11 nitrogen and oxygen atoms in total. The summed E-state index contributed by atoms with van der Waals surface area (Å²) in [6.45, 7) is 3.05. The highest BCUT2D eigenvalue weighted by Gasteiger charge is 2.32. The molecule has 0 saturated carbocycles. The average Bonchev–Trinajstić information content (AvgIpc) is 3.00. The lowest BCUT2D eigenvalue weighted by molar-refractivity contribution is -0.139. The third kappa shape index (κ3) is 8.04. The van der Waals surface area contributed by atoms with Gasteiger partial charge in [0, 0.05) is 21.8 Å². The van der Waals surface area contributed by atoms with Gasteiger partial charge in [0.15, 0.2) is 18.1 Å². The molecule has 0 radical (unpaired) electrons. The number of ether oxygens (including phenoxy) is 4. The van der Waals surface area contributed by atoms with E-state index in [-0.39, 0.29) is 36.1 Å². The Kier molecular flexibility index (Phi) is 10.8. The fourth-order valence-electron chi connectivity index (χ4n) is 4.28. The molecule has 0 saturated heterocycles. The molecule has 3 aromatic rings. The maximum atomic E-state index is 14.0. The van der Waals surface area contributed by atoms with Gasteiger partial charge in [-0.25, -0.2) is 19.4 Å². The van der Waals surface area contributed by atoms with Gasteiger partial charge in [0.1, 0.15) is 18.2 Å². The largest absolute Gasteiger partial charge is 0.493 e. The number of hydrogen-bond donors (Lipinski definition) is 3. The lowest BCUT2D eigenvalue weighted by Crippen LogP contribution is -2.45. The van der Waals surface area contributed by atoms with Crippen LogP contribution in [0.4, 0.5) is 9.18 Å². The van der Waals surface area contributed by atoms with Crippen LogP contribution in [0.25, 0.3) is 0 Å². The average molecular weight is 625 g/mol. The molecule has 0 unspecified atom stereocenters. The number of rotatable bonds is 12. The minimum Gasteiger partial charge on any atom is -0.493 e. The number of hydrazone groups is 1. The van der Waals surface area contributed by atoms with E-state index in [9.17, 15) is 18.8 Å². The summed E-state index contributed by atoms with van der Waals surface area (Å²) < 4.78 is 35.9. The molecule has 1 aliphatic rings. The van der Waals surface area contributed by atoms with Crippen molar-refractivity contribution in [2.45, 2.75) is 26.5 Å². The molecule has 230 valence electrons. The zero-order valence-corrected chi connectivity index (χ0v) is 24.9. The Labute approximate surface area is 258 Å². The monoisotopic (exact) mass is 624 g/mol. The second-order valence-corrected chi connectivity index (χ2v) is 9.78. The third-order valence-electron chi connectivity index (χ3n) is 6.35. The van der Waals surface area contributed by atoms with Crippen LogP contribution in [-0.2, 0) is 20.9 Å². The number of methoxy groups -OCH3 is 1. The van der Waals surface area contributed by atoms with Gasteiger partial charge in [-0.05, 0) is 55.8 Å². The third-order valence-corrected chi connectivity index (χ3v) is 6.59. The standard InChI is InChI=1S/C31H30ClFN4O7/c1-4-42-30(39)28-18(2)35-31(40)36-29(28)19-9-11-25(26(14-19)41-3)44-17-27(38)37-34-15-21-13-22(32)10-12-24(21)43-16-20-7-5-6-8-23(20)33/h5-15,29H,4,16-17H2,1-3H3,(H,37,38)(H2,35,36,40)/b34-15+/t29-/m0/s1. The maximum absolute atomic E-state index is 14.0. The molecule has 0 fully saturated rings. The van der Waals surface area contributed by atoms with E-state index in [4.69, 9.17) is 30.5 Å². The molecule has 4 rings (SSSR count). The van der Waals surface area contributed by atoms with Crippen LogP contribution in [-0.4, -0.2) is 44.4 Å². The van der Waals surface area contributed by atoms with Crippen molar-refractivity contribution in [3.05, 3.63) is 99.5 Å². The van der Waals surface area contributed by atoms with E-state index in [0.29, 0.717) is 33.2 Å². The van der Waals surface area contributed by atoms with Gasteiger partial charge < -0.3 is 29.6 Å². The number of nitrogens with one attached hydrogen (secondary N) is 3. The number of nitrogens with zero attached hydrogens (tertiary/aromatic N) is 1. The van der Waals surface area contributed by atoms with Crippen LogP contribution in [0.3, 0.4) is 0 Å². The Morgan fingerprint density at radius 2 is 1.84 bits per heavy atom. The number of esters is 1. The first-order chi connectivity index (χ1) is 21.2. The van der Waals surface area contributed by atoms with E-state index in [0.717, 1.165) is 0 Å². The van der Waals surface area contributed by atoms with Gasteiger partial charge in [-0.15, -0.1) is 0 Å². The van der Waals surface area contributed by atoms with E-state index < -0.39 is 30.6 Å². The first-order valence-electron chi connectivity index (χ1n) is 13.4. The van der Waals surface area contributed by atoms with Gasteiger partial charge in [-0.1, -0.05) is 35.9 Å². The normalized spacial score (nSPS) is 14.5. The molecule has 1 atom stereocenters. The van der Waals surface area contributed by atoms with Gasteiger partial charge in [0.05, 0.1) is 31.5 Å². The van der Waals surface area contributed by atoms with Crippen LogP contribution >= 0.6 is 11.6 Å². The van der Waals surface area contributed by atoms with E-state index in [2.05, 4.69) is 21.2 Å². The number of amides is 3. The van der Waals surface area contributed by atoms with Crippen LogP contribution in [0.2, 0.25) is 5.02 Å². The number of urea groups is 1. The maximum Gasteiger partial charge on any atom is 0.338 e. The van der Waals surface area contributed by atoms with E-state index in [1.807, 2.05) is 0 Å². The summed E-state index contributed by atoms with van der Waals surface area (Å²) in [5, 5.41) is 9.67. The van der Waals surface area contributed by atoms with E-state index in [1.54, 1.807) is 68.4 Å². The van der Waals surface area contributed by atoms with Gasteiger partial charge in [0.2, 0.25) is 0 Å². The number of allylic oxidation sites excluding steroid dienone is 1. The van der Waals surface area contributed by atoms with Crippen LogP contribution < -0.4 is 30.3 Å². The van der Waals surface area contributed by atoms with Crippen molar-refractivity contribution in [3.63, 3.8) is 0 Å². The van der Waals surface area contributed by atoms with Crippen molar-refractivity contribution >= 4 is 35.7 Å². The number of halogens is 2. The Morgan fingerprint density at radius 1 is 1.07 bits per heavy atom. The minimum absolute atomic E-state index is 0.0139. The number of carbonyl (C=O) groups excluding carboxylic acids is 3. The van der Waals surface area contributed by atoms with Gasteiger partial charge in [-0.3, -0.25) is 4.79 Å². The summed E-state index contributed by atoms with van der Waals surface area (Å²) >= 11 is 6.11. The van der Waals surface area contributed by atoms with E-state index >= 15 is 0 Å². The lowest BCUT2D eigenvalue weighted by Gasteiger charge is -2.28. The quantitative estimate of drug-likeness (QED) is 0.150. The predicted octanol–water partition coefficient (Wildman–Crippen LogP) is 4.79. The zero-order chi connectivity index (χ0) is 31.6. The minimum atomic E-state index is -0.796. The summed E-state index contributed by atoms with van der Waals surface area (Å²) in [7, 11) is 1.42. The van der Waals surface area contributed by atoms with Crippen molar-refractivity contribution in [2.24, 2.45) is 5.10 Å². The molecule has 0 aromatic heterocycles. The summed E-state index contributed by atoms with van der Waals surface area (Å²) in [5.74, 6) is -0.632. The molecule has 0 aliphatic carbocycles. The molecule has 3 aromatic carbocycles. The molecule has 0 bridgehead atoms. The topological polar surface area (TPSA) is 137 Å². The van der Waals surface area contributed by atoms with Gasteiger partial charge in [-0.2, -0.15) is 5.10 Å². The van der Waals surface area contributed by atoms with Gasteiger partial charge in [0.25, 0.3) is 5.91 Å². The van der Waals surface area contributed by atoms with Crippen molar-refractivity contribution < 1.29 is 37.7 Å². The Hall–Kier alpha value is -5.10. The SMILES string of the molecule is CCOC(=O)C1=C(C)NC(=O)N[C@H]1c1ccc(OCC(=O)N/N=C/c2cc(Cl)ccc2OCc2ccccc2F)c(OC)c1. The van der Waals surface area contributed by atoms with Crippen molar-refractivity contribution in [1.82, 2.24) is 16.1 Å². The fourth-order valence-corrected chi connectivity index (χ4v) is 4.46. The highest BCUT2D eigenvalue weighted by atomic mass is 35.5. The molecule has 0 spiro atoms. The second kappa shape index (κ2) is 14.9. The summed E-state index contributed by atoms with van der Waals surface area (Å²) in [6.07, 6.45) is 1.35. The second-order valence-electron chi connectivity index (χ2n) is 9.35. The van der Waals surface area contributed by atoms with Crippen LogP contribution in [0, 0.1) is 5.82 Å². The summed E-state index contributed by atoms with van der Waals surface area (Å²) in [5.41, 5.74) is 4.37. The summed E-state index contributed by atoms with van der Waals surface area (Å²) in [4.78, 5) is 37.2. The van der Waals surface area contributed by atoms with Gasteiger partial charge >= 0.3 is 12.0 Å². The predicted molar refractivity (Wildman–Crippen MR) is 160 cm³/mol. The highest BCUT2D eigenvalue weighted by molar-refractivity contribution is 6.30. The summed E-state index contributed by atoms with van der Waals surface area (Å²) in [6, 6.07) is 14.6. The molecule has 44 heavy (non-hydrogen) atoms. The molecular formula is C31H30ClFN4O7. The number of carbonyl (C=O) groups is 3. The number of benzene rings is 3. The van der Waals surface area contributed by atoms with Crippen LogP contribution in [0.15, 0.2) is 77.0 Å². The number of hydrogen-bond acceptors (Lipinski definition) is 8. The van der Waals surface area contributed by atoms with E-state index in [1.165, 1.54) is 19.4 Å². The smallest absolute Gasteiger partial charge is 0.338 e. The van der Waals surface area contributed by atoms with Crippen molar-refractivity contribution in [1.29, 1.82) is 0 Å². The van der Waals surface area contributed by atoms with Crippen LogP contribution in [0.1, 0.15) is 36.6 Å². The Balaban J connectivity index is 1.39. The molecule has 1 aliphatic heterocycles. The molecule has 3 N–H and O–H groups in total. The first kappa shape index (κ1) is 31.8. The Morgan fingerprint density at radius 3 is 2.59 bits per heavy atom. The van der Waals surface area contributed by atoms with Crippen molar-refractivity contribution in [3.8, 4) is 17.2 Å². The fraction of sp³-hybridized carbons (Fsp3) is 0.226. The molecule has 3 amide bonds. The Bertz CT molecular complexity index is 1610. The van der Waals surface area contributed by atoms with Crippen molar-refractivity contribution in [2.75, 3.05) is 20.3 Å². The highest BCUT2D eigenvalue weighted by Crippen LogP contribution is 2.34. The molecule has 13 heteroatoms. The zero-order valence-electron chi connectivity index (χ0n) is 24.1. The lowest BCUT2D eigenvalue weighted by atomic mass is 9.95. The molecular weight excluding hydrogens is 595 g/mol. The first-order valence-corrected chi connectivity index (χ1v) is 13.8.